The van der Waals surface area contributed by atoms with Gasteiger partial charge in [0, 0.05) is 14.5 Å². The topological polar surface area (TPSA) is 86.2 Å². The fourth-order valence-electron chi connectivity index (χ4n) is 2.94. The molecule has 1 aliphatic rings. The van der Waals surface area contributed by atoms with E-state index in [1.807, 2.05) is 6.07 Å². The Morgan fingerprint density at radius 2 is 1.73 bits per heavy atom. The Balaban J connectivity index is 1.48. The molecule has 7 nitrogen and oxygen atoms in total. The summed E-state index contributed by atoms with van der Waals surface area (Å²) >= 11 is 10.2. The summed E-state index contributed by atoms with van der Waals surface area (Å²) in [4.78, 5) is 25.2. The molecule has 1 heterocycles. The number of rotatable bonds is 5. The summed E-state index contributed by atoms with van der Waals surface area (Å²) in [7, 11) is 0. The second-order valence-corrected chi connectivity index (χ2v) is 9.40. The summed E-state index contributed by atoms with van der Waals surface area (Å²) < 4.78 is 18.7. The second-order valence-electron chi connectivity index (χ2n) is 6.77. The van der Waals surface area contributed by atoms with Crippen molar-refractivity contribution in [2.75, 3.05) is 6.61 Å². The summed E-state index contributed by atoms with van der Waals surface area (Å²) in [5.41, 5.74) is 3.27. The highest BCUT2D eigenvalue weighted by Crippen LogP contribution is 2.33. The molecule has 10 heteroatoms. The van der Waals surface area contributed by atoms with Gasteiger partial charge in [0.25, 0.3) is 5.91 Å². The number of hydrazone groups is 1. The molecule has 1 N–H and O–H groups in total. The number of ether oxygens (including phenoxy) is 3. The third-order valence-corrected chi connectivity index (χ3v) is 6.24. The largest absolute Gasteiger partial charge is 0.485 e. The monoisotopic (exact) mass is 636 g/mol. The first-order valence-electron chi connectivity index (χ1n) is 9.59. The molecule has 0 spiro atoms. The van der Waals surface area contributed by atoms with E-state index in [4.69, 9.17) is 14.2 Å². The lowest BCUT2D eigenvalue weighted by atomic mass is 10.2. The van der Waals surface area contributed by atoms with E-state index in [0.717, 1.165) is 4.47 Å². The lowest BCUT2D eigenvalue weighted by molar-refractivity contribution is -0.130. The van der Waals surface area contributed by atoms with Gasteiger partial charge in [-0.3, -0.25) is 4.79 Å². The predicted octanol–water partition coefficient (Wildman–Crippen LogP) is 5.48. The van der Waals surface area contributed by atoms with Crippen molar-refractivity contribution in [2.24, 2.45) is 5.10 Å². The molecule has 3 aromatic rings. The first-order valence-corrected chi connectivity index (χ1v) is 12.0. The molecule has 33 heavy (non-hydrogen) atoms. The van der Waals surface area contributed by atoms with Crippen LogP contribution in [0.1, 0.15) is 15.9 Å². The SMILES string of the molecule is O=C(Oc1c(Br)cc(Br)cc1C=NNC(=O)C1COc2ccccc2O1)c1ccccc1Br. The lowest BCUT2D eigenvalue weighted by Gasteiger charge is -2.24. The Labute approximate surface area is 214 Å². The van der Waals surface area contributed by atoms with Crippen molar-refractivity contribution >= 4 is 65.9 Å². The maximum atomic E-state index is 12.7. The molecule has 3 aromatic carbocycles. The minimum absolute atomic E-state index is 0.0651. The van der Waals surface area contributed by atoms with Crippen LogP contribution in [0.2, 0.25) is 0 Å². The van der Waals surface area contributed by atoms with Gasteiger partial charge in [-0.2, -0.15) is 5.10 Å². The van der Waals surface area contributed by atoms with Gasteiger partial charge in [-0.25, -0.2) is 10.2 Å². The maximum absolute atomic E-state index is 12.7. The average Bonchev–Trinajstić information content (AvgIpc) is 2.81. The van der Waals surface area contributed by atoms with Crippen molar-refractivity contribution in [2.45, 2.75) is 6.10 Å². The molecular weight excluding hydrogens is 624 g/mol. The number of nitrogens with zero attached hydrogens (tertiary/aromatic N) is 1. The molecule has 1 amide bonds. The fraction of sp³-hybridized carbons (Fsp3) is 0.0870. The first kappa shape index (κ1) is 23.5. The van der Waals surface area contributed by atoms with E-state index in [-0.39, 0.29) is 12.4 Å². The third-order valence-electron chi connectivity index (χ3n) is 4.51. The van der Waals surface area contributed by atoms with E-state index in [9.17, 15) is 9.59 Å². The second kappa shape index (κ2) is 10.5. The molecule has 0 bridgehead atoms. The Hall–Kier alpha value is -2.69. The summed E-state index contributed by atoms with van der Waals surface area (Å²) in [5.74, 6) is 0.311. The molecule has 168 valence electrons. The van der Waals surface area contributed by atoms with Crippen LogP contribution in [0.25, 0.3) is 0 Å². The van der Waals surface area contributed by atoms with Crippen LogP contribution < -0.4 is 19.6 Å². The van der Waals surface area contributed by atoms with Crippen LogP contribution in [0.4, 0.5) is 0 Å². The molecule has 1 atom stereocenters. The summed E-state index contributed by atoms with van der Waals surface area (Å²) in [6.07, 6.45) is 0.535. The normalized spacial score (nSPS) is 14.7. The molecule has 0 aliphatic carbocycles. The summed E-state index contributed by atoms with van der Waals surface area (Å²) in [6.45, 7) is 0.0651. The number of benzene rings is 3. The first-order chi connectivity index (χ1) is 15.9. The van der Waals surface area contributed by atoms with Gasteiger partial charge in [-0.05, 0) is 68.3 Å². The third kappa shape index (κ3) is 5.63. The standard InChI is InChI=1S/C23H15Br3N2O5/c24-14-9-13(21(17(26)10-14)33-23(30)15-5-1-2-6-16(15)25)11-27-28-22(29)20-12-31-18-7-3-4-8-19(18)32-20/h1-11,20H,12H2,(H,28,29). The van der Waals surface area contributed by atoms with Gasteiger partial charge >= 0.3 is 5.97 Å². The number of nitrogens with one attached hydrogen (secondary N) is 1. The predicted molar refractivity (Wildman–Crippen MR) is 133 cm³/mol. The highest BCUT2D eigenvalue weighted by atomic mass is 79.9. The van der Waals surface area contributed by atoms with Crippen molar-refractivity contribution in [3.05, 3.63) is 85.2 Å². The van der Waals surface area contributed by atoms with Gasteiger partial charge in [-0.1, -0.05) is 40.2 Å². The molecule has 0 fully saturated rings. The Morgan fingerprint density at radius 3 is 2.52 bits per heavy atom. The van der Waals surface area contributed by atoms with Crippen molar-refractivity contribution in [1.82, 2.24) is 5.43 Å². The number of halogens is 3. The van der Waals surface area contributed by atoms with Crippen LogP contribution in [-0.4, -0.2) is 30.8 Å². The molecule has 0 aromatic heterocycles. The van der Waals surface area contributed by atoms with Crippen LogP contribution in [0, 0.1) is 0 Å². The zero-order valence-electron chi connectivity index (χ0n) is 16.8. The van der Waals surface area contributed by atoms with E-state index in [1.165, 1.54) is 6.21 Å². The number of carbonyl (C=O) groups is 2. The van der Waals surface area contributed by atoms with Gasteiger partial charge in [-0.15, -0.1) is 0 Å². The quantitative estimate of drug-likeness (QED) is 0.173. The summed E-state index contributed by atoms with van der Waals surface area (Å²) in [5, 5.41) is 4.01. The van der Waals surface area contributed by atoms with Gasteiger partial charge in [0.15, 0.2) is 17.2 Å². The zero-order chi connectivity index (χ0) is 23.4. The number of fused-ring (bicyclic) bond motifs is 1. The van der Waals surface area contributed by atoms with Gasteiger partial charge in [0.1, 0.15) is 6.61 Å². The van der Waals surface area contributed by atoms with Crippen molar-refractivity contribution in [3.63, 3.8) is 0 Å². The molecule has 4 rings (SSSR count). The lowest BCUT2D eigenvalue weighted by Crippen LogP contribution is -2.42. The van der Waals surface area contributed by atoms with Crippen LogP contribution in [0.3, 0.4) is 0 Å². The number of esters is 1. The number of hydrogen-bond donors (Lipinski definition) is 1. The Morgan fingerprint density at radius 1 is 1.00 bits per heavy atom. The highest BCUT2D eigenvalue weighted by molar-refractivity contribution is 9.11. The fourth-order valence-corrected chi connectivity index (χ4v) is 4.73. The molecule has 1 aliphatic heterocycles. The number of carbonyl (C=O) groups excluding carboxylic acids is 2. The minimum Gasteiger partial charge on any atom is -0.485 e. The van der Waals surface area contributed by atoms with Crippen LogP contribution in [0.15, 0.2) is 79.2 Å². The molecule has 0 saturated carbocycles. The Kier molecular flexibility index (Phi) is 7.46. The van der Waals surface area contributed by atoms with E-state index in [2.05, 4.69) is 58.3 Å². The molecule has 1 unspecified atom stereocenters. The minimum atomic E-state index is -0.848. The van der Waals surface area contributed by atoms with E-state index in [0.29, 0.717) is 31.6 Å². The van der Waals surface area contributed by atoms with Gasteiger partial charge in [0.05, 0.1) is 16.3 Å². The molecule has 0 radical (unpaired) electrons. The Bertz CT molecular complexity index is 1250. The van der Waals surface area contributed by atoms with Crippen molar-refractivity contribution in [1.29, 1.82) is 0 Å². The van der Waals surface area contributed by atoms with E-state index < -0.39 is 18.0 Å². The smallest absolute Gasteiger partial charge is 0.344 e. The van der Waals surface area contributed by atoms with Gasteiger partial charge in [0.2, 0.25) is 6.10 Å². The zero-order valence-corrected chi connectivity index (χ0v) is 21.5. The number of amides is 1. The summed E-state index contributed by atoms with van der Waals surface area (Å²) in [6, 6.07) is 17.5. The maximum Gasteiger partial charge on any atom is 0.344 e. The number of para-hydroxylation sites is 2. The van der Waals surface area contributed by atoms with E-state index >= 15 is 0 Å². The number of hydrogen-bond acceptors (Lipinski definition) is 6. The molecular formula is C23H15Br3N2O5. The van der Waals surface area contributed by atoms with Crippen LogP contribution in [0.5, 0.6) is 17.2 Å². The van der Waals surface area contributed by atoms with Crippen molar-refractivity contribution < 1.29 is 23.8 Å². The van der Waals surface area contributed by atoms with Gasteiger partial charge < -0.3 is 14.2 Å². The van der Waals surface area contributed by atoms with Crippen LogP contribution in [-0.2, 0) is 4.79 Å². The van der Waals surface area contributed by atoms with E-state index in [1.54, 1.807) is 54.6 Å². The average molecular weight is 639 g/mol. The van der Waals surface area contributed by atoms with Crippen LogP contribution >= 0.6 is 47.8 Å². The van der Waals surface area contributed by atoms with Crippen molar-refractivity contribution in [3.8, 4) is 17.2 Å². The highest BCUT2D eigenvalue weighted by Gasteiger charge is 2.27. The molecule has 0 saturated heterocycles.